The molecule has 1 amide bonds. The largest absolute Gasteiger partial charge is 0.494 e. The van der Waals surface area contributed by atoms with E-state index < -0.39 is 6.09 Å². The molecule has 3 aromatic rings. The molecule has 0 saturated carbocycles. The van der Waals surface area contributed by atoms with Gasteiger partial charge in [0.1, 0.15) is 0 Å². The van der Waals surface area contributed by atoms with Gasteiger partial charge in [-0.3, -0.25) is 14.9 Å². The first-order valence-electron chi connectivity index (χ1n) is 11.1. The van der Waals surface area contributed by atoms with Crippen molar-refractivity contribution in [1.29, 1.82) is 0 Å². The Morgan fingerprint density at radius 2 is 1.67 bits per heavy atom. The van der Waals surface area contributed by atoms with Gasteiger partial charge < -0.3 is 19.8 Å². The Morgan fingerprint density at radius 1 is 0.939 bits per heavy atom. The lowest BCUT2D eigenvalue weighted by Gasteiger charge is -2.33. The molecule has 172 valence electrons. The Morgan fingerprint density at radius 3 is 2.27 bits per heavy atom. The minimum Gasteiger partial charge on any atom is -0.494 e. The maximum Gasteiger partial charge on any atom is 0.416 e. The quantitative estimate of drug-likeness (QED) is 0.622. The lowest BCUT2D eigenvalue weighted by Crippen LogP contribution is -2.49. The van der Waals surface area contributed by atoms with E-state index in [9.17, 15) is 15.0 Å². The van der Waals surface area contributed by atoms with Crippen molar-refractivity contribution < 1.29 is 19.7 Å². The molecule has 4 heterocycles. The van der Waals surface area contributed by atoms with Crippen molar-refractivity contribution in [2.45, 2.75) is 32.2 Å². The van der Waals surface area contributed by atoms with Gasteiger partial charge in [-0.05, 0) is 31.7 Å². The van der Waals surface area contributed by atoms with E-state index in [0.717, 1.165) is 55.6 Å². The molecular weight excluding hydrogens is 424 g/mol. The molecule has 10 heteroatoms. The van der Waals surface area contributed by atoms with Crippen LogP contribution in [-0.2, 0) is 19.4 Å². The fourth-order valence-electron chi connectivity index (χ4n) is 4.46. The number of aromatic hydroxyl groups is 2. The van der Waals surface area contributed by atoms with Crippen LogP contribution in [0.15, 0.2) is 36.9 Å². The zero-order valence-corrected chi connectivity index (χ0v) is 18.2. The summed E-state index contributed by atoms with van der Waals surface area (Å²) in [6.45, 7) is 3.23. The van der Waals surface area contributed by atoms with Crippen molar-refractivity contribution in [2.75, 3.05) is 26.2 Å². The van der Waals surface area contributed by atoms with Crippen molar-refractivity contribution in [3.05, 3.63) is 53.7 Å². The number of pyridine rings is 1. The maximum absolute atomic E-state index is 12.6. The van der Waals surface area contributed by atoms with Gasteiger partial charge in [0.25, 0.3) is 0 Å². The fraction of sp³-hybridized carbons (Fsp3) is 0.391. The Hall–Kier alpha value is -3.66. The van der Waals surface area contributed by atoms with Crippen LogP contribution in [0.2, 0.25) is 0 Å². The van der Waals surface area contributed by atoms with E-state index in [1.165, 1.54) is 10.8 Å². The number of carbonyl (C=O) groups is 1. The highest BCUT2D eigenvalue weighted by molar-refractivity contribution is 5.70. The van der Waals surface area contributed by atoms with Gasteiger partial charge >= 0.3 is 6.09 Å². The molecule has 5 rings (SSSR count). The summed E-state index contributed by atoms with van der Waals surface area (Å²) >= 11 is 0. The Bertz CT molecular complexity index is 1090. The molecule has 33 heavy (non-hydrogen) atoms. The van der Waals surface area contributed by atoms with Gasteiger partial charge in [-0.1, -0.05) is 0 Å². The van der Waals surface area contributed by atoms with Crippen LogP contribution in [-0.4, -0.2) is 71.8 Å². The third-order valence-corrected chi connectivity index (χ3v) is 6.23. The molecule has 0 aromatic carbocycles. The standard InChI is InChI=1S/C23H26N6O4/c30-21-18-3-1-2-4-19(18)22(31)29(21)17-5-6-20(26-14-17)33-23(32)28-11-9-27(10-12-28)15-16-13-24-7-8-25-16/h5-8,13-14,30-31H,1-4,9-12,15H2. The van der Waals surface area contributed by atoms with Crippen molar-refractivity contribution >= 4 is 6.09 Å². The second-order valence-corrected chi connectivity index (χ2v) is 8.33. The summed E-state index contributed by atoms with van der Waals surface area (Å²) in [5.74, 6) is 0.267. The zero-order chi connectivity index (χ0) is 22.8. The van der Waals surface area contributed by atoms with Crippen LogP contribution in [0.4, 0.5) is 4.79 Å². The Balaban J connectivity index is 1.19. The SMILES string of the molecule is O=C(Oc1ccc(-n2c(O)c3c(c2O)CCCC3)cn1)N1CCN(Cc2cnccn2)CC1. The minimum absolute atomic E-state index is 0.0492. The number of rotatable bonds is 4. The molecule has 2 aliphatic rings. The number of hydrogen-bond acceptors (Lipinski definition) is 8. The topological polar surface area (TPSA) is 117 Å². The predicted octanol–water partition coefficient (Wildman–Crippen LogP) is 2.27. The van der Waals surface area contributed by atoms with Crippen LogP contribution >= 0.6 is 0 Å². The van der Waals surface area contributed by atoms with Crippen molar-refractivity contribution in [3.63, 3.8) is 0 Å². The van der Waals surface area contributed by atoms with Gasteiger partial charge in [0.2, 0.25) is 17.6 Å². The summed E-state index contributed by atoms with van der Waals surface area (Å²) in [5, 5.41) is 21.2. The minimum atomic E-state index is -0.448. The van der Waals surface area contributed by atoms with Crippen molar-refractivity contribution in [2.24, 2.45) is 0 Å². The Labute approximate surface area is 191 Å². The highest BCUT2D eigenvalue weighted by atomic mass is 16.6. The average molecular weight is 450 g/mol. The molecule has 1 fully saturated rings. The normalized spacial score (nSPS) is 16.4. The summed E-state index contributed by atoms with van der Waals surface area (Å²) in [5.41, 5.74) is 3.01. The van der Waals surface area contributed by atoms with Crippen LogP contribution in [0.3, 0.4) is 0 Å². The molecular formula is C23H26N6O4. The molecule has 2 N–H and O–H groups in total. The molecule has 10 nitrogen and oxygen atoms in total. The molecule has 0 bridgehead atoms. The lowest BCUT2D eigenvalue weighted by atomic mass is 9.95. The summed E-state index contributed by atoms with van der Waals surface area (Å²) in [6, 6.07) is 3.23. The van der Waals surface area contributed by atoms with E-state index in [0.29, 0.717) is 25.3 Å². The zero-order valence-electron chi connectivity index (χ0n) is 18.2. The first kappa shape index (κ1) is 21.2. The molecule has 1 aliphatic heterocycles. The smallest absolute Gasteiger partial charge is 0.416 e. The van der Waals surface area contributed by atoms with E-state index in [-0.39, 0.29) is 17.6 Å². The number of nitrogens with zero attached hydrogens (tertiary/aromatic N) is 6. The predicted molar refractivity (Wildman–Crippen MR) is 118 cm³/mol. The maximum atomic E-state index is 12.6. The van der Waals surface area contributed by atoms with Gasteiger partial charge in [-0.25, -0.2) is 14.3 Å². The van der Waals surface area contributed by atoms with Crippen molar-refractivity contribution in [3.8, 4) is 23.3 Å². The van der Waals surface area contributed by atoms with Crippen LogP contribution < -0.4 is 4.74 Å². The van der Waals surface area contributed by atoms with Gasteiger partial charge in [-0.2, -0.15) is 0 Å². The monoisotopic (exact) mass is 450 g/mol. The van der Waals surface area contributed by atoms with Gasteiger partial charge in [0, 0.05) is 68.5 Å². The number of aromatic nitrogens is 4. The number of hydrogen-bond donors (Lipinski definition) is 2. The molecule has 0 unspecified atom stereocenters. The van der Waals surface area contributed by atoms with E-state index >= 15 is 0 Å². The summed E-state index contributed by atoms with van der Waals surface area (Å²) in [4.78, 5) is 29.0. The number of fused-ring (bicyclic) bond motifs is 1. The fourth-order valence-corrected chi connectivity index (χ4v) is 4.46. The average Bonchev–Trinajstić information content (AvgIpc) is 3.11. The molecule has 3 aromatic heterocycles. The van der Waals surface area contributed by atoms with E-state index in [2.05, 4.69) is 19.9 Å². The van der Waals surface area contributed by atoms with Gasteiger partial charge in [0.15, 0.2) is 0 Å². The summed E-state index contributed by atoms with van der Waals surface area (Å²) < 4.78 is 6.83. The number of ether oxygens (including phenoxy) is 1. The van der Waals surface area contributed by atoms with Crippen molar-refractivity contribution in [1.82, 2.24) is 29.3 Å². The van der Waals surface area contributed by atoms with Crippen LogP contribution in [0.1, 0.15) is 29.7 Å². The van der Waals surface area contributed by atoms with Crippen LogP contribution in [0.5, 0.6) is 17.6 Å². The molecule has 0 atom stereocenters. The van der Waals surface area contributed by atoms with Crippen LogP contribution in [0.25, 0.3) is 5.69 Å². The summed E-state index contributed by atoms with van der Waals surface area (Å²) in [7, 11) is 0. The van der Waals surface area contributed by atoms with Crippen LogP contribution in [0, 0.1) is 0 Å². The number of carbonyl (C=O) groups excluding carboxylic acids is 1. The number of piperazine rings is 1. The lowest BCUT2D eigenvalue weighted by molar-refractivity contribution is 0.106. The molecule has 1 aliphatic carbocycles. The second kappa shape index (κ2) is 9.07. The van der Waals surface area contributed by atoms with E-state index in [1.807, 2.05) is 0 Å². The summed E-state index contributed by atoms with van der Waals surface area (Å²) in [6.07, 6.45) is 9.58. The first-order chi connectivity index (χ1) is 16.1. The van der Waals surface area contributed by atoms with E-state index in [1.54, 1.807) is 35.6 Å². The Kier molecular flexibility index (Phi) is 5.82. The molecule has 1 saturated heterocycles. The third-order valence-electron chi connectivity index (χ3n) is 6.23. The first-order valence-corrected chi connectivity index (χ1v) is 11.1. The molecule has 0 radical (unpaired) electrons. The highest BCUT2D eigenvalue weighted by Crippen LogP contribution is 2.40. The third kappa shape index (κ3) is 4.34. The highest BCUT2D eigenvalue weighted by Gasteiger charge is 2.26. The van der Waals surface area contributed by atoms with Gasteiger partial charge in [-0.15, -0.1) is 0 Å². The van der Waals surface area contributed by atoms with E-state index in [4.69, 9.17) is 4.74 Å². The second-order valence-electron chi connectivity index (χ2n) is 8.33. The number of amides is 1. The van der Waals surface area contributed by atoms with Gasteiger partial charge in [0.05, 0.1) is 17.6 Å². The molecule has 0 spiro atoms.